The largest absolute Gasteiger partial charge is 0.250 e. The topological polar surface area (TPSA) is 30.7 Å². The van der Waals surface area contributed by atoms with Gasteiger partial charge in [-0.05, 0) is 31.1 Å². The van der Waals surface area contributed by atoms with Crippen molar-refractivity contribution in [2.24, 2.45) is 11.3 Å². The summed E-state index contributed by atoms with van der Waals surface area (Å²) in [6.45, 7) is 7.44. The van der Waals surface area contributed by atoms with Gasteiger partial charge in [0.1, 0.15) is 12.2 Å². The summed E-state index contributed by atoms with van der Waals surface area (Å²) < 4.78 is 2.03. The van der Waals surface area contributed by atoms with Crippen molar-refractivity contribution in [3.05, 3.63) is 12.2 Å². The molecule has 1 aliphatic rings. The normalized spacial score (nSPS) is 20.1. The fourth-order valence-electron chi connectivity index (χ4n) is 2.11. The minimum absolute atomic E-state index is 0.233. The predicted octanol–water partition coefficient (Wildman–Crippen LogP) is 2.88. The minimum Gasteiger partial charge on any atom is -0.250 e. The molecule has 0 N–H and O–H groups in total. The average Bonchev–Trinajstić information content (AvgIpc) is 2.85. The van der Waals surface area contributed by atoms with E-state index in [0.29, 0.717) is 11.3 Å². The highest BCUT2D eigenvalue weighted by Gasteiger charge is 2.47. The second kappa shape index (κ2) is 4.36. The SMILES string of the molecule is CC(C)Cn1ncnc1CC1(C(C)Cl)CC1. The van der Waals surface area contributed by atoms with E-state index in [4.69, 9.17) is 11.6 Å². The van der Waals surface area contributed by atoms with E-state index in [0.717, 1.165) is 18.8 Å². The molecule has 0 aliphatic heterocycles. The van der Waals surface area contributed by atoms with Gasteiger partial charge in [0.05, 0.1) is 0 Å². The maximum Gasteiger partial charge on any atom is 0.138 e. The molecule has 1 aromatic rings. The highest BCUT2D eigenvalue weighted by molar-refractivity contribution is 6.21. The van der Waals surface area contributed by atoms with Gasteiger partial charge in [0.2, 0.25) is 0 Å². The van der Waals surface area contributed by atoms with Crippen LogP contribution in [0.15, 0.2) is 6.33 Å². The van der Waals surface area contributed by atoms with Crippen LogP contribution >= 0.6 is 11.6 Å². The van der Waals surface area contributed by atoms with Gasteiger partial charge in [0.25, 0.3) is 0 Å². The molecule has 1 aliphatic carbocycles. The maximum atomic E-state index is 6.25. The summed E-state index contributed by atoms with van der Waals surface area (Å²) in [6, 6.07) is 0. The van der Waals surface area contributed by atoms with Crippen molar-refractivity contribution in [2.45, 2.75) is 52.0 Å². The Morgan fingerprint density at radius 1 is 1.44 bits per heavy atom. The van der Waals surface area contributed by atoms with Gasteiger partial charge in [0.15, 0.2) is 0 Å². The van der Waals surface area contributed by atoms with Crippen molar-refractivity contribution in [2.75, 3.05) is 0 Å². The number of hydrogen-bond donors (Lipinski definition) is 0. The lowest BCUT2D eigenvalue weighted by Crippen LogP contribution is -2.20. The van der Waals surface area contributed by atoms with Crippen LogP contribution in [0.1, 0.15) is 39.4 Å². The second-order valence-corrected chi connectivity index (χ2v) is 6.06. The smallest absolute Gasteiger partial charge is 0.138 e. The molecule has 1 atom stereocenters. The molecule has 1 unspecified atom stereocenters. The average molecular weight is 242 g/mol. The molecule has 0 saturated heterocycles. The quantitative estimate of drug-likeness (QED) is 0.743. The van der Waals surface area contributed by atoms with Gasteiger partial charge >= 0.3 is 0 Å². The van der Waals surface area contributed by atoms with Gasteiger partial charge in [-0.2, -0.15) is 5.10 Å². The summed E-state index contributed by atoms with van der Waals surface area (Å²) in [5.74, 6) is 1.70. The molecule has 1 saturated carbocycles. The molecule has 0 spiro atoms. The summed E-state index contributed by atoms with van der Waals surface area (Å²) in [7, 11) is 0. The van der Waals surface area contributed by atoms with Gasteiger partial charge in [-0.1, -0.05) is 13.8 Å². The third-order valence-corrected chi connectivity index (χ3v) is 3.94. The van der Waals surface area contributed by atoms with Crippen LogP contribution in [-0.4, -0.2) is 20.1 Å². The van der Waals surface area contributed by atoms with E-state index in [1.807, 2.05) is 4.68 Å². The Labute approximate surface area is 102 Å². The fourth-order valence-corrected chi connectivity index (χ4v) is 2.41. The number of halogens is 1. The van der Waals surface area contributed by atoms with E-state index < -0.39 is 0 Å². The van der Waals surface area contributed by atoms with Crippen LogP contribution in [-0.2, 0) is 13.0 Å². The van der Waals surface area contributed by atoms with E-state index in [1.165, 1.54) is 12.8 Å². The molecule has 16 heavy (non-hydrogen) atoms. The summed E-state index contributed by atoms with van der Waals surface area (Å²) >= 11 is 6.25. The lowest BCUT2D eigenvalue weighted by molar-refractivity contribution is 0.424. The minimum atomic E-state index is 0.233. The molecule has 2 rings (SSSR count). The molecule has 1 aromatic heterocycles. The summed E-state index contributed by atoms with van der Waals surface area (Å²) in [4.78, 5) is 4.37. The van der Waals surface area contributed by atoms with Crippen molar-refractivity contribution in [1.29, 1.82) is 0 Å². The van der Waals surface area contributed by atoms with Crippen LogP contribution < -0.4 is 0 Å². The first-order valence-electron chi connectivity index (χ1n) is 6.04. The molecular formula is C12H20ClN3. The number of aromatic nitrogens is 3. The van der Waals surface area contributed by atoms with Crippen LogP contribution in [0.25, 0.3) is 0 Å². The first-order valence-corrected chi connectivity index (χ1v) is 6.48. The van der Waals surface area contributed by atoms with E-state index in [2.05, 4.69) is 30.9 Å². The van der Waals surface area contributed by atoms with Crippen LogP contribution in [0.2, 0.25) is 0 Å². The number of hydrogen-bond acceptors (Lipinski definition) is 2. The fraction of sp³-hybridized carbons (Fsp3) is 0.833. The first kappa shape index (κ1) is 11.9. The first-order chi connectivity index (χ1) is 7.53. The summed E-state index contributed by atoms with van der Waals surface area (Å²) in [5, 5.41) is 4.52. The molecule has 0 amide bonds. The Morgan fingerprint density at radius 2 is 2.12 bits per heavy atom. The standard InChI is InChI=1S/C12H20ClN3/c1-9(2)7-16-11(14-8-15-16)6-12(4-5-12)10(3)13/h8-10H,4-7H2,1-3H3. The Kier molecular flexibility index (Phi) is 3.24. The number of alkyl halides is 1. The third kappa shape index (κ3) is 2.40. The maximum absolute atomic E-state index is 6.25. The molecule has 4 heteroatoms. The van der Waals surface area contributed by atoms with Crippen molar-refractivity contribution < 1.29 is 0 Å². The third-order valence-electron chi connectivity index (χ3n) is 3.48. The molecule has 0 aromatic carbocycles. The molecule has 1 heterocycles. The molecule has 0 bridgehead atoms. The van der Waals surface area contributed by atoms with Crippen molar-refractivity contribution in [3.8, 4) is 0 Å². The van der Waals surface area contributed by atoms with E-state index in [9.17, 15) is 0 Å². The van der Waals surface area contributed by atoms with Gasteiger partial charge in [0, 0.05) is 18.3 Å². The van der Waals surface area contributed by atoms with Gasteiger partial charge < -0.3 is 0 Å². The zero-order valence-corrected chi connectivity index (χ0v) is 11.0. The summed E-state index contributed by atoms with van der Waals surface area (Å²) in [5.41, 5.74) is 0.295. The van der Waals surface area contributed by atoms with E-state index in [-0.39, 0.29) is 5.38 Å². The van der Waals surface area contributed by atoms with Crippen molar-refractivity contribution >= 4 is 11.6 Å². The monoisotopic (exact) mass is 241 g/mol. The lowest BCUT2D eigenvalue weighted by atomic mass is 9.98. The van der Waals surface area contributed by atoms with E-state index >= 15 is 0 Å². The van der Waals surface area contributed by atoms with Crippen molar-refractivity contribution in [1.82, 2.24) is 14.8 Å². The van der Waals surface area contributed by atoms with Crippen LogP contribution in [0.4, 0.5) is 0 Å². The molecule has 0 radical (unpaired) electrons. The molecular weight excluding hydrogens is 222 g/mol. The number of rotatable bonds is 5. The zero-order valence-electron chi connectivity index (χ0n) is 10.3. The number of nitrogens with zero attached hydrogens (tertiary/aromatic N) is 3. The Bertz CT molecular complexity index is 353. The molecule has 1 fully saturated rings. The van der Waals surface area contributed by atoms with E-state index in [1.54, 1.807) is 6.33 Å². The molecule has 3 nitrogen and oxygen atoms in total. The Morgan fingerprint density at radius 3 is 2.62 bits per heavy atom. The Balaban J connectivity index is 2.07. The highest BCUT2D eigenvalue weighted by Crippen LogP contribution is 2.52. The van der Waals surface area contributed by atoms with Crippen molar-refractivity contribution in [3.63, 3.8) is 0 Å². The Hall–Kier alpha value is -0.570. The van der Waals surface area contributed by atoms with Gasteiger partial charge in [-0.3, -0.25) is 0 Å². The van der Waals surface area contributed by atoms with Gasteiger partial charge in [-0.15, -0.1) is 11.6 Å². The van der Waals surface area contributed by atoms with Crippen LogP contribution in [0.5, 0.6) is 0 Å². The highest BCUT2D eigenvalue weighted by atomic mass is 35.5. The second-order valence-electron chi connectivity index (χ2n) is 5.41. The zero-order chi connectivity index (χ0) is 11.8. The molecule has 90 valence electrons. The predicted molar refractivity (Wildman–Crippen MR) is 65.5 cm³/mol. The van der Waals surface area contributed by atoms with Gasteiger partial charge in [-0.25, -0.2) is 9.67 Å². The van der Waals surface area contributed by atoms with Crippen LogP contribution in [0, 0.1) is 11.3 Å². The van der Waals surface area contributed by atoms with Crippen LogP contribution in [0.3, 0.4) is 0 Å². The summed E-state index contributed by atoms with van der Waals surface area (Å²) in [6.07, 6.45) is 5.09. The lowest BCUT2D eigenvalue weighted by Gasteiger charge is -2.18.